The molecule has 1 unspecified atom stereocenters. The second kappa shape index (κ2) is 4.63. The summed E-state index contributed by atoms with van der Waals surface area (Å²) in [5.41, 5.74) is 0.431. The van der Waals surface area contributed by atoms with Crippen LogP contribution in [0.2, 0.25) is 0 Å². The Kier molecular flexibility index (Phi) is 3.19. The number of furan rings is 1. The van der Waals surface area contributed by atoms with Crippen LogP contribution in [-0.4, -0.2) is 24.1 Å². The molecule has 0 fully saturated rings. The molecule has 17 heavy (non-hydrogen) atoms. The smallest absolute Gasteiger partial charge is 0.233 e. The van der Waals surface area contributed by atoms with Crippen LogP contribution in [0, 0.1) is 0 Å². The van der Waals surface area contributed by atoms with E-state index in [4.69, 9.17) is 9.15 Å². The number of methoxy groups -OCH3 is 1. The first kappa shape index (κ1) is 11.7. The molecule has 2 N–H and O–H groups in total. The number of aliphatic hydroxyl groups is 1. The summed E-state index contributed by atoms with van der Waals surface area (Å²) in [6.07, 6.45) is 1.26. The summed E-state index contributed by atoms with van der Waals surface area (Å²) in [5.74, 6) is 0.578. The average Bonchev–Trinajstić information content (AvgIpc) is 2.87. The maximum atomic E-state index is 11.3. The lowest BCUT2D eigenvalue weighted by molar-refractivity contribution is -0.129. The fourth-order valence-corrected chi connectivity index (χ4v) is 1.84. The summed E-state index contributed by atoms with van der Waals surface area (Å²) in [4.78, 5) is 11.3. The number of aliphatic hydroxyl groups excluding tert-OH is 1. The second-order valence-electron chi connectivity index (χ2n) is 3.83. The van der Waals surface area contributed by atoms with Gasteiger partial charge in [0.2, 0.25) is 5.78 Å². The molecule has 0 bridgehead atoms. The van der Waals surface area contributed by atoms with Gasteiger partial charge in [0, 0.05) is 0 Å². The van der Waals surface area contributed by atoms with Gasteiger partial charge in [-0.25, -0.2) is 0 Å². The molecular weight excluding hydrogens is 222 g/mol. The van der Waals surface area contributed by atoms with Gasteiger partial charge in [-0.05, 0) is 18.6 Å². The predicted octanol–water partition coefficient (Wildman–Crippen LogP) is 1.12. The van der Waals surface area contributed by atoms with Crippen molar-refractivity contribution in [2.75, 3.05) is 7.11 Å². The van der Waals surface area contributed by atoms with Gasteiger partial charge in [0.15, 0.2) is 11.9 Å². The van der Waals surface area contributed by atoms with Crippen LogP contribution < -0.4 is 5.32 Å². The number of rotatable bonds is 5. The van der Waals surface area contributed by atoms with E-state index in [1.807, 2.05) is 13.0 Å². The fourth-order valence-electron chi connectivity index (χ4n) is 1.84. The van der Waals surface area contributed by atoms with Crippen molar-refractivity contribution in [3.8, 4) is 0 Å². The maximum absolute atomic E-state index is 11.3. The molecule has 0 spiro atoms. The van der Waals surface area contributed by atoms with Crippen LogP contribution in [0.4, 0.5) is 0 Å². The molecule has 1 aliphatic rings. The van der Waals surface area contributed by atoms with Gasteiger partial charge >= 0.3 is 0 Å². The van der Waals surface area contributed by atoms with Gasteiger partial charge in [0.1, 0.15) is 5.76 Å². The third kappa shape index (κ3) is 1.93. The minimum Gasteiger partial charge on any atom is -0.491 e. The normalized spacial score (nSPS) is 21.1. The number of hydrogen-bond acceptors (Lipinski definition) is 5. The summed E-state index contributed by atoms with van der Waals surface area (Å²) >= 11 is 0. The molecule has 2 rings (SSSR count). The molecule has 0 radical (unpaired) electrons. The van der Waals surface area contributed by atoms with Crippen molar-refractivity contribution in [3.05, 3.63) is 35.6 Å². The van der Waals surface area contributed by atoms with Crippen LogP contribution in [0.1, 0.15) is 25.1 Å². The number of carbonyl (C=O) groups excluding carboxylic acids is 1. The molecule has 1 aromatic rings. The minimum atomic E-state index is -1.10. The molecule has 5 nitrogen and oxygen atoms in total. The van der Waals surface area contributed by atoms with Crippen molar-refractivity contribution in [3.63, 3.8) is 0 Å². The number of nitrogens with one attached hydrogen (secondary N) is 1. The van der Waals surface area contributed by atoms with E-state index in [9.17, 15) is 9.90 Å². The predicted molar refractivity (Wildman–Crippen MR) is 59.9 cm³/mol. The van der Waals surface area contributed by atoms with Crippen molar-refractivity contribution in [2.24, 2.45) is 0 Å². The molecule has 0 aromatic carbocycles. The van der Waals surface area contributed by atoms with Crippen molar-refractivity contribution in [2.45, 2.75) is 25.5 Å². The second-order valence-corrected chi connectivity index (χ2v) is 3.83. The zero-order valence-corrected chi connectivity index (χ0v) is 9.77. The molecule has 0 aliphatic heterocycles. The first-order valence-electron chi connectivity index (χ1n) is 5.49. The van der Waals surface area contributed by atoms with Crippen LogP contribution in [0.25, 0.3) is 0 Å². The lowest BCUT2D eigenvalue weighted by Gasteiger charge is -2.30. The number of ether oxygens (including phenoxy) is 1. The molecule has 0 saturated heterocycles. The summed E-state index contributed by atoms with van der Waals surface area (Å²) in [6, 6.07) is 3.57. The Morgan fingerprint density at radius 1 is 1.65 bits per heavy atom. The van der Waals surface area contributed by atoms with Crippen LogP contribution in [0.5, 0.6) is 0 Å². The van der Waals surface area contributed by atoms with Gasteiger partial charge in [0.25, 0.3) is 0 Å². The molecule has 0 amide bonds. The molecule has 2 atom stereocenters. The highest BCUT2D eigenvalue weighted by atomic mass is 16.5. The Balaban J connectivity index is 2.15. The van der Waals surface area contributed by atoms with Crippen LogP contribution in [0.15, 0.2) is 34.3 Å². The Labute approximate surface area is 99.1 Å². The number of ketones is 1. The van der Waals surface area contributed by atoms with Gasteiger partial charge < -0.3 is 19.6 Å². The Morgan fingerprint density at radius 2 is 2.41 bits per heavy atom. The third-order valence-corrected chi connectivity index (χ3v) is 2.82. The molecule has 92 valence electrons. The van der Waals surface area contributed by atoms with Crippen molar-refractivity contribution < 1.29 is 19.1 Å². The van der Waals surface area contributed by atoms with E-state index in [1.54, 1.807) is 12.3 Å². The summed E-state index contributed by atoms with van der Waals surface area (Å²) in [7, 11) is 1.41. The first-order chi connectivity index (χ1) is 8.19. The Hall–Kier alpha value is -1.75. The molecule has 1 aromatic heterocycles. The van der Waals surface area contributed by atoms with E-state index in [1.165, 1.54) is 7.11 Å². The van der Waals surface area contributed by atoms with E-state index in [0.29, 0.717) is 5.70 Å². The number of carbonyl (C=O) groups is 1. The lowest BCUT2D eigenvalue weighted by atomic mass is 9.96. The monoisotopic (exact) mass is 237 g/mol. The van der Waals surface area contributed by atoms with E-state index >= 15 is 0 Å². The van der Waals surface area contributed by atoms with Crippen LogP contribution in [-0.2, 0) is 9.53 Å². The highest BCUT2D eigenvalue weighted by Gasteiger charge is 2.40. The molecule has 1 heterocycles. The van der Waals surface area contributed by atoms with Crippen LogP contribution in [0.3, 0.4) is 0 Å². The molecule has 5 heteroatoms. The minimum absolute atomic E-state index is 0.0760. The molecule has 1 aliphatic carbocycles. The van der Waals surface area contributed by atoms with Gasteiger partial charge in [-0.1, -0.05) is 6.92 Å². The number of hydrogen-bond donors (Lipinski definition) is 2. The van der Waals surface area contributed by atoms with Gasteiger partial charge in [-0.15, -0.1) is 0 Å². The van der Waals surface area contributed by atoms with Gasteiger partial charge in [0.05, 0.1) is 25.1 Å². The fraction of sp³-hybridized carbons (Fsp3) is 0.417. The van der Waals surface area contributed by atoms with Crippen molar-refractivity contribution >= 4 is 5.78 Å². The zero-order chi connectivity index (χ0) is 12.4. The van der Waals surface area contributed by atoms with Crippen molar-refractivity contribution in [1.29, 1.82) is 0 Å². The van der Waals surface area contributed by atoms with E-state index in [2.05, 4.69) is 5.32 Å². The largest absolute Gasteiger partial charge is 0.491 e. The third-order valence-electron chi connectivity index (χ3n) is 2.82. The molecular formula is C12H15NO4. The Morgan fingerprint density at radius 3 is 2.94 bits per heavy atom. The first-order valence-corrected chi connectivity index (χ1v) is 5.49. The SMILES string of the molecule is CC[C@@H](NC1=C(OC)C(=O)C1O)c1ccco1. The summed E-state index contributed by atoms with van der Waals surface area (Å²) < 4.78 is 10.2. The Bertz CT molecular complexity index is 435. The van der Waals surface area contributed by atoms with Crippen molar-refractivity contribution in [1.82, 2.24) is 5.32 Å². The standard InChI is InChI=1S/C12H15NO4/c1-3-7(8-5-4-6-17-8)13-9-10(14)11(15)12(9)16-2/h4-7,10,13-14H,3H2,1-2H3/t7-,10?/m1/s1. The lowest BCUT2D eigenvalue weighted by Crippen LogP contribution is -2.44. The van der Waals surface area contributed by atoms with E-state index in [0.717, 1.165) is 12.2 Å². The number of Topliss-reactive ketones (excluding diaryl/α,β-unsaturated/α-hetero) is 1. The summed E-state index contributed by atoms with van der Waals surface area (Å²) in [6.45, 7) is 1.99. The topological polar surface area (TPSA) is 71.7 Å². The van der Waals surface area contributed by atoms with Gasteiger partial charge in [-0.2, -0.15) is 0 Å². The van der Waals surface area contributed by atoms with Crippen LogP contribution >= 0.6 is 0 Å². The zero-order valence-electron chi connectivity index (χ0n) is 9.77. The summed E-state index contributed by atoms with van der Waals surface area (Å²) in [5, 5.41) is 12.6. The molecule has 0 saturated carbocycles. The van der Waals surface area contributed by atoms with E-state index in [-0.39, 0.29) is 17.6 Å². The van der Waals surface area contributed by atoms with Gasteiger partial charge in [-0.3, -0.25) is 4.79 Å². The quantitative estimate of drug-likeness (QED) is 0.803. The van der Waals surface area contributed by atoms with E-state index < -0.39 is 6.10 Å². The highest BCUT2D eigenvalue weighted by Crippen LogP contribution is 2.27. The highest BCUT2D eigenvalue weighted by molar-refractivity contribution is 6.06. The average molecular weight is 237 g/mol. The maximum Gasteiger partial charge on any atom is 0.233 e.